The molecule has 100 heavy (non-hydrogen) atoms. The molecule has 6 heterocycles. The smallest absolute Gasteiger partial charge is 0.156 e. The quantitative estimate of drug-likeness (QED) is 0.137. The minimum atomic E-state index is 0.795. The number of hydrogen-bond acceptors (Lipinski definition) is 3. The fourth-order valence-corrected chi connectivity index (χ4v) is 15.1. The summed E-state index contributed by atoms with van der Waals surface area (Å²) in [7, 11) is 0. The first-order valence-corrected chi connectivity index (χ1v) is 34.0. The molecule has 14 aromatic carbocycles. The minimum Gasteiger partial charge on any atom is -0.309 e. The van der Waals surface area contributed by atoms with Gasteiger partial charge in [0.2, 0.25) is 0 Å². The third-order valence-electron chi connectivity index (χ3n) is 19.8. The van der Waals surface area contributed by atoms with E-state index in [-0.39, 0.29) is 0 Å². The zero-order chi connectivity index (χ0) is 66.0. The van der Waals surface area contributed by atoms with E-state index in [2.05, 4.69) is 375 Å². The molecule has 20 rings (SSSR count). The Labute approximate surface area is 577 Å². The molecule has 20 aromatic rings. The van der Waals surface area contributed by atoms with E-state index in [1.807, 2.05) is 18.5 Å². The number of hydrogen-bond donors (Lipinski definition) is 0. The van der Waals surface area contributed by atoms with Crippen LogP contribution in [-0.2, 0) is 0 Å². The van der Waals surface area contributed by atoms with Crippen molar-refractivity contribution in [3.63, 3.8) is 0 Å². The first kappa shape index (κ1) is 57.9. The predicted molar refractivity (Wildman–Crippen MR) is 416 cm³/mol. The van der Waals surface area contributed by atoms with Crippen LogP contribution in [0.2, 0.25) is 0 Å². The monoisotopic (exact) mass is 1280 g/mol. The summed E-state index contributed by atoms with van der Waals surface area (Å²) in [5.74, 6) is 1.70. The standard InChI is InChI=1S/C47H31N3.C46H30N4/c1-3-12-32(13-4-1)33-22-24-34(25-23-33)42-18-11-21-47(48-42)50-44-20-10-8-17-39(44)41-31-36(27-29-46(41)50)35-26-28-45-40(30-35)38-16-7-9-19-43(38)49(45)37-14-5-2-6-15-37;1-3-11-31(12-4-1)32-19-21-33(22-20-32)41-29-47-30-46(48-41)50-43-18-10-8-16-38(43)40-28-35(24-26-45(40)50)34-23-25-44-39(27-34)37-15-7-9-17-42(37)49(44)36-13-5-2-6-14-36/h1-31H;1-30H. The summed E-state index contributed by atoms with van der Waals surface area (Å²) >= 11 is 0. The van der Waals surface area contributed by atoms with Crippen molar-refractivity contribution in [2.75, 3.05) is 0 Å². The maximum Gasteiger partial charge on any atom is 0.156 e. The van der Waals surface area contributed by atoms with Crippen molar-refractivity contribution >= 4 is 87.2 Å². The van der Waals surface area contributed by atoms with Crippen molar-refractivity contribution in [2.24, 2.45) is 0 Å². The lowest BCUT2D eigenvalue weighted by Gasteiger charge is -2.10. The maximum absolute atomic E-state index is 5.22. The second-order valence-electron chi connectivity index (χ2n) is 25.5. The second kappa shape index (κ2) is 24.3. The van der Waals surface area contributed by atoms with Gasteiger partial charge >= 0.3 is 0 Å². The second-order valence-corrected chi connectivity index (χ2v) is 25.5. The molecule has 6 aromatic heterocycles. The van der Waals surface area contributed by atoms with Crippen LogP contribution in [0.15, 0.2) is 370 Å². The maximum atomic E-state index is 5.22. The summed E-state index contributed by atoms with van der Waals surface area (Å²) < 4.78 is 9.26. The molecule has 0 saturated heterocycles. The van der Waals surface area contributed by atoms with E-state index in [9.17, 15) is 0 Å². The van der Waals surface area contributed by atoms with Gasteiger partial charge in [0.1, 0.15) is 5.82 Å². The van der Waals surface area contributed by atoms with E-state index in [0.29, 0.717) is 0 Å². The van der Waals surface area contributed by atoms with E-state index >= 15 is 0 Å². The van der Waals surface area contributed by atoms with E-state index in [0.717, 1.165) is 61.9 Å². The molecule has 7 nitrogen and oxygen atoms in total. The highest BCUT2D eigenvalue weighted by molar-refractivity contribution is 6.15. The van der Waals surface area contributed by atoms with Crippen LogP contribution < -0.4 is 0 Å². The van der Waals surface area contributed by atoms with Crippen LogP contribution in [0, 0.1) is 0 Å². The van der Waals surface area contributed by atoms with Gasteiger partial charge in [0.05, 0.1) is 67.9 Å². The van der Waals surface area contributed by atoms with Crippen molar-refractivity contribution in [2.45, 2.75) is 0 Å². The lowest BCUT2D eigenvalue weighted by Crippen LogP contribution is -1.99. The molecule has 0 unspecified atom stereocenters. The average Bonchev–Trinajstić information content (AvgIpc) is 1.59. The molecule has 0 amide bonds. The topological polar surface area (TPSA) is 58.4 Å². The third-order valence-corrected chi connectivity index (χ3v) is 19.8. The van der Waals surface area contributed by atoms with Crippen molar-refractivity contribution < 1.29 is 0 Å². The summed E-state index contributed by atoms with van der Waals surface area (Å²) in [6.07, 6.45) is 3.70. The molecule has 0 aliphatic rings. The number of fused-ring (bicyclic) bond motifs is 12. The fourth-order valence-electron chi connectivity index (χ4n) is 15.1. The number of rotatable bonds is 10. The van der Waals surface area contributed by atoms with Gasteiger partial charge in [0, 0.05) is 65.6 Å². The minimum absolute atomic E-state index is 0.795. The highest BCUT2D eigenvalue weighted by Crippen LogP contribution is 2.42. The van der Waals surface area contributed by atoms with Crippen LogP contribution in [0.4, 0.5) is 0 Å². The van der Waals surface area contributed by atoms with Gasteiger partial charge in [0.15, 0.2) is 5.82 Å². The van der Waals surface area contributed by atoms with Gasteiger partial charge in [-0.05, 0) is 154 Å². The molecular formula is C93H61N7. The van der Waals surface area contributed by atoms with Crippen LogP contribution in [-0.4, -0.2) is 33.2 Å². The van der Waals surface area contributed by atoms with Crippen LogP contribution in [0.3, 0.4) is 0 Å². The number of para-hydroxylation sites is 6. The molecule has 0 aliphatic heterocycles. The number of aromatic nitrogens is 7. The van der Waals surface area contributed by atoms with Gasteiger partial charge in [-0.3, -0.25) is 14.1 Å². The van der Waals surface area contributed by atoms with Crippen molar-refractivity contribution in [1.82, 2.24) is 33.2 Å². The molecule has 0 atom stereocenters. The molecule has 7 heteroatoms. The first-order valence-electron chi connectivity index (χ1n) is 34.0. The number of pyridine rings is 1. The van der Waals surface area contributed by atoms with Gasteiger partial charge in [-0.25, -0.2) is 9.97 Å². The zero-order valence-electron chi connectivity index (χ0n) is 54.3. The van der Waals surface area contributed by atoms with Crippen LogP contribution in [0.1, 0.15) is 0 Å². The van der Waals surface area contributed by atoms with Crippen LogP contribution in [0.5, 0.6) is 0 Å². The van der Waals surface area contributed by atoms with Gasteiger partial charge in [0.25, 0.3) is 0 Å². The normalized spacial score (nSPS) is 11.6. The summed E-state index contributed by atoms with van der Waals surface area (Å²) in [6.45, 7) is 0. The Morgan fingerprint density at radius 2 is 0.460 bits per heavy atom. The zero-order valence-corrected chi connectivity index (χ0v) is 54.3. The van der Waals surface area contributed by atoms with Gasteiger partial charge in [-0.2, -0.15) is 0 Å². The molecule has 0 saturated carbocycles. The molecule has 0 aliphatic carbocycles. The Bertz CT molecular complexity index is 6090. The summed E-state index contributed by atoms with van der Waals surface area (Å²) in [5.41, 5.74) is 25.1. The van der Waals surface area contributed by atoms with Crippen LogP contribution >= 0.6 is 0 Å². The Kier molecular flexibility index (Phi) is 14.1. The van der Waals surface area contributed by atoms with Gasteiger partial charge in [-0.1, -0.05) is 249 Å². The highest BCUT2D eigenvalue weighted by atomic mass is 15.1. The number of nitrogens with zero attached hydrogens (tertiary/aromatic N) is 7. The van der Waals surface area contributed by atoms with Crippen molar-refractivity contribution in [1.29, 1.82) is 0 Å². The lowest BCUT2D eigenvalue weighted by molar-refractivity contribution is 1.05. The lowest BCUT2D eigenvalue weighted by atomic mass is 10.0. The van der Waals surface area contributed by atoms with E-state index in [1.54, 1.807) is 0 Å². The van der Waals surface area contributed by atoms with E-state index in [4.69, 9.17) is 9.97 Å². The largest absolute Gasteiger partial charge is 0.309 e. The van der Waals surface area contributed by atoms with Gasteiger partial charge < -0.3 is 9.13 Å². The Morgan fingerprint density at radius 3 is 0.870 bits per heavy atom. The SMILES string of the molecule is c1ccc(-c2ccc(-c3cccc(-n4c5ccccc5c5cc(-c6ccc7c(c6)c6ccccc6n7-c6ccccc6)ccc54)n3)cc2)cc1.c1ccc(-c2ccc(-c3cncc(-n4c5ccccc5c5cc(-c6ccc7c(c6)c6ccccc6n7-c6ccccc6)ccc54)n3)cc2)cc1. The molecule has 0 radical (unpaired) electrons. The molecule has 0 bridgehead atoms. The van der Waals surface area contributed by atoms with Gasteiger partial charge in [-0.15, -0.1) is 0 Å². The first-order chi connectivity index (χ1) is 49.6. The molecule has 0 spiro atoms. The summed E-state index contributed by atoms with van der Waals surface area (Å²) in [6, 6.07) is 128. The fraction of sp³-hybridized carbons (Fsp3) is 0. The summed E-state index contributed by atoms with van der Waals surface area (Å²) in [4.78, 5) is 15.0. The van der Waals surface area contributed by atoms with E-state index in [1.165, 1.54) is 115 Å². The van der Waals surface area contributed by atoms with Crippen molar-refractivity contribution in [3.8, 4) is 90.0 Å². The Balaban J connectivity index is 0.000000139. The summed E-state index contributed by atoms with van der Waals surface area (Å²) in [5, 5.41) is 9.80. The third kappa shape index (κ3) is 10.0. The predicted octanol–water partition coefficient (Wildman–Crippen LogP) is 23.9. The van der Waals surface area contributed by atoms with E-state index < -0.39 is 0 Å². The molecule has 0 fully saturated rings. The van der Waals surface area contributed by atoms with Crippen molar-refractivity contribution in [3.05, 3.63) is 370 Å². The molecular weight excluding hydrogens is 1220 g/mol. The molecule has 0 N–H and O–H groups in total. The average molecular weight is 1280 g/mol. The van der Waals surface area contributed by atoms with Crippen LogP contribution in [0.25, 0.3) is 177 Å². The number of benzene rings is 14. The Morgan fingerprint density at radius 1 is 0.170 bits per heavy atom. The highest BCUT2D eigenvalue weighted by Gasteiger charge is 2.20. The Hall–Kier alpha value is -13.5. The molecule has 468 valence electrons.